The number of nitrogens with zero attached hydrogens (tertiary/aromatic N) is 1. The second kappa shape index (κ2) is 5.50. The topological polar surface area (TPSA) is 51.5 Å². The fourth-order valence-electron chi connectivity index (χ4n) is 2.59. The summed E-state index contributed by atoms with van der Waals surface area (Å²) in [5.41, 5.74) is 0.828. The number of methoxy groups -OCH3 is 2. The standard InChI is InChI=1S/C15H19NO3/c1-4-11(8-16)15(9-19-10-15)12-5-13(17-2)7-14(6-12)18-3/h5-7,11H,4,9-10H2,1-3H3. The van der Waals surface area contributed by atoms with E-state index in [2.05, 4.69) is 6.07 Å². The van der Waals surface area contributed by atoms with Crippen LogP contribution in [0.15, 0.2) is 18.2 Å². The summed E-state index contributed by atoms with van der Waals surface area (Å²) in [4.78, 5) is 0. The molecular formula is C15H19NO3. The van der Waals surface area contributed by atoms with Crippen molar-refractivity contribution in [2.45, 2.75) is 18.8 Å². The van der Waals surface area contributed by atoms with Gasteiger partial charge in [-0.1, -0.05) is 6.92 Å². The van der Waals surface area contributed by atoms with Crippen molar-refractivity contribution < 1.29 is 14.2 Å². The molecule has 0 radical (unpaired) electrons. The maximum absolute atomic E-state index is 9.37. The van der Waals surface area contributed by atoms with Gasteiger partial charge in [-0.2, -0.15) is 5.26 Å². The molecule has 0 N–H and O–H groups in total. The first-order valence-electron chi connectivity index (χ1n) is 6.41. The molecule has 1 aromatic carbocycles. The molecular weight excluding hydrogens is 242 g/mol. The molecule has 4 nitrogen and oxygen atoms in total. The van der Waals surface area contributed by atoms with Crippen molar-refractivity contribution in [3.8, 4) is 17.6 Å². The Kier molecular flexibility index (Phi) is 3.96. The number of benzene rings is 1. The highest BCUT2D eigenvalue weighted by molar-refractivity contribution is 5.44. The lowest BCUT2D eigenvalue weighted by Crippen LogP contribution is -2.52. The van der Waals surface area contributed by atoms with Crippen LogP contribution in [-0.4, -0.2) is 27.4 Å². The molecule has 19 heavy (non-hydrogen) atoms. The molecule has 1 atom stereocenters. The van der Waals surface area contributed by atoms with Gasteiger partial charge in [0.15, 0.2) is 0 Å². The molecule has 102 valence electrons. The SMILES string of the molecule is CCC(C#N)C1(c2cc(OC)cc(OC)c2)COC1. The van der Waals surface area contributed by atoms with Gasteiger partial charge in [-0.05, 0) is 24.1 Å². The number of rotatable bonds is 5. The summed E-state index contributed by atoms with van der Waals surface area (Å²) < 4.78 is 16.0. The smallest absolute Gasteiger partial charge is 0.122 e. The van der Waals surface area contributed by atoms with Gasteiger partial charge in [-0.15, -0.1) is 0 Å². The summed E-state index contributed by atoms with van der Waals surface area (Å²) in [6.45, 7) is 3.19. The molecule has 0 bridgehead atoms. The molecule has 0 amide bonds. The molecule has 0 saturated carbocycles. The highest BCUT2D eigenvalue weighted by Crippen LogP contribution is 2.43. The van der Waals surface area contributed by atoms with Crippen LogP contribution in [0.2, 0.25) is 0 Å². The lowest BCUT2D eigenvalue weighted by molar-refractivity contribution is -0.0806. The van der Waals surface area contributed by atoms with E-state index in [1.807, 2.05) is 25.1 Å². The lowest BCUT2D eigenvalue weighted by atomic mass is 9.68. The Balaban J connectivity index is 2.46. The monoisotopic (exact) mass is 261 g/mol. The number of nitriles is 1. The fraction of sp³-hybridized carbons (Fsp3) is 0.533. The van der Waals surface area contributed by atoms with Gasteiger partial charge in [0, 0.05) is 6.07 Å². The van der Waals surface area contributed by atoms with Gasteiger partial charge in [0.1, 0.15) is 11.5 Å². The van der Waals surface area contributed by atoms with Crippen LogP contribution in [0.5, 0.6) is 11.5 Å². The van der Waals surface area contributed by atoms with Crippen LogP contribution in [-0.2, 0) is 10.2 Å². The van der Waals surface area contributed by atoms with E-state index < -0.39 is 0 Å². The molecule has 2 rings (SSSR count). The van der Waals surface area contributed by atoms with E-state index in [0.29, 0.717) is 13.2 Å². The molecule has 1 saturated heterocycles. The normalized spacial score (nSPS) is 18.0. The molecule has 0 aliphatic carbocycles. The third-order valence-electron chi connectivity index (χ3n) is 3.88. The second-order valence-electron chi connectivity index (χ2n) is 4.84. The largest absolute Gasteiger partial charge is 0.497 e. The van der Waals surface area contributed by atoms with Crippen LogP contribution in [0, 0.1) is 17.2 Å². The van der Waals surface area contributed by atoms with Gasteiger partial charge in [-0.25, -0.2) is 0 Å². The second-order valence-corrected chi connectivity index (χ2v) is 4.84. The van der Waals surface area contributed by atoms with Crippen molar-refractivity contribution in [3.05, 3.63) is 23.8 Å². The van der Waals surface area contributed by atoms with E-state index in [9.17, 15) is 5.26 Å². The minimum Gasteiger partial charge on any atom is -0.497 e. The lowest BCUT2D eigenvalue weighted by Gasteiger charge is -2.45. The first kappa shape index (κ1) is 13.7. The van der Waals surface area contributed by atoms with Gasteiger partial charge in [0.2, 0.25) is 0 Å². The molecule has 4 heteroatoms. The van der Waals surface area contributed by atoms with E-state index in [1.165, 1.54) is 0 Å². The van der Waals surface area contributed by atoms with Gasteiger partial charge in [-0.3, -0.25) is 0 Å². The molecule has 0 aromatic heterocycles. The highest BCUT2D eigenvalue weighted by Gasteiger charge is 2.47. The van der Waals surface area contributed by atoms with E-state index in [1.54, 1.807) is 14.2 Å². The maximum Gasteiger partial charge on any atom is 0.122 e. The summed E-state index contributed by atoms with van der Waals surface area (Å²) in [7, 11) is 3.26. The molecule has 1 heterocycles. The van der Waals surface area contributed by atoms with E-state index >= 15 is 0 Å². The van der Waals surface area contributed by atoms with Crippen LogP contribution in [0.4, 0.5) is 0 Å². The molecule has 0 spiro atoms. The summed E-state index contributed by atoms with van der Waals surface area (Å²) in [6.07, 6.45) is 0.805. The van der Waals surface area contributed by atoms with E-state index in [-0.39, 0.29) is 11.3 Å². The Morgan fingerprint density at radius 3 is 2.16 bits per heavy atom. The minimum absolute atomic E-state index is 0.0573. The molecule has 1 aliphatic rings. The van der Waals surface area contributed by atoms with Crippen molar-refractivity contribution in [2.24, 2.45) is 5.92 Å². The average molecular weight is 261 g/mol. The van der Waals surface area contributed by atoms with Crippen LogP contribution >= 0.6 is 0 Å². The third kappa shape index (κ3) is 2.26. The fourth-order valence-corrected chi connectivity index (χ4v) is 2.59. The Morgan fingerprint density at radius 1 is 1.26 bits per heavy atom. The summed E-state index contributed by atoms with van der Waals surface area (Å²) >= 11 is 0. The Labute approximate surface area is 113 Å². The van der Waals surface area contributed by atoms with Crippen LogP contribution in [0.25, 0.3) is 0 Å². The quantitative estimate of drug-likeness (QED) is 0.817. The van der Waals surface area contributed by atoms with Gasteiger partial charge >= 0.3 is 0 Å². The Morgan fingerprint density at radius 2 is 1.84 bits per heavy atom. The zero-order valence-corrected chi connectivity index (χ0v) is 11.6. The predicted octanol–water partition coefficient (Wildman–Crippen LogP) is 2.52. The molecule has 1 unspecified atom stereocenters. The van der Waals surface area contributed by atoms with Crippen LogP contribution in [0.1, 0.15) is 18.9 Å². The molecule has 1 aromatic rings. The van der Waals surface area contributed by atoms with E-state index in [0.717, 1.165) is 23.5 Å². The van der Waals surface area contributed by atoms with E-state index in [4.69, 9.17) is 14.2 Å². The summed E-state index contributed by atoms with van der Waals surface area (Å²) in [5.74, 6) is 1.43. The minimum atomic E-state index is -0.231. The Hall–Kier alpha value is -1.73. The zero-order valence-electron chi connectivity index (χ0n) is 11.6. The summed E-state index contributed by atoms with van der Waals surface area (Å²) in [5, 5.41) is 9.37. The first-order valence-corrected chi connectivity index (χ1v) is 6.41. The Bertz CT molecular complexity index is 466. The zero-order chi connectivity index (χ0) is 13.9. The first-order chi connectivity index (χ1) is 9.20. The number of hydrogen-bond acceptors (Lipinski definition) is 4. The van der Waals surface area contributed by atoms with Crippen molar-refractivity contribution in [1.82, 2.24) is 0 Å². The predicted molar refractivity (Wildman–Crippen MR) is 71.4 cm³/mol. The van der Waals surface area contributed by atoms with Crippen molar-refractivity contribution in [2.75, 3.05) is 27.4 Å². The average Bonchev–Trinajstić information content (AvgIpc) is 2.41. The molecule has 1 aliphatic heterocycles. The highest BCUT2D eigenvalue weighted by atomic mass is 16.5. The number of hydrogen-bond donors (Lipinski definition) is 0. The van der Waals surface area contributed by atoms with Crippen molar-refractivity contribution in [3.63, 3.8) is 0 Å². The van der Waals surface area contributed by atoms with Gasteiger partial charge in [0.05, 0.1) is 44.8 Å². The summed E-state index contributed by atoms with van der Waals surface area (Å²) in [6, 6.07) is 8.20. The van der Waals surface area contributed by atoms with Crippen molar-refractivity contribution >= 4 is 0 Å². The molecule has 1 fully saturated rings. The third-order valence-corrected chi connectivity index (χ3v) is 3.88. The number of ether oxygens (including phenoxy) is 3. The van der Waals surface area contributed by atoms with Gasteiger partial charge in [0.25, 0.3) is 0 Å². The van der Waals surface area contributed by atoms with Gasteiger partial charge < -0.3 is 14.2 Å². The van der Waals surface area contributed by atoms with Crippen LogP contribution in [0.3, 0.4) is 0 Å². The maximum atomic E-state index is 9.37. The van der Waals surface area contributed by atoms with Crippen LogP contribution < -0.4 is 9.47 Å². The van der Waals surface area contributed by atoms with Crippen molar-refractivity contribution in [1.29, 1.82) is 5.26 Å².